The van der Waals surface area contributed by atoms with Crippen molar-refractivity contribution in [1.29, 1.82) is 0 Å². The summed E-state index contributed by atoms with van der Waals surface area (Å²) in [4.78, 5) is 4.67. The van der Waals surface area contributed by atoms with Crippen LogP contribution in [0.4, 0.5) is 18.9 Å². The highest BCUT2D eigenvalue weighted by atomic mass is 32.2. The number of thiophene rings is 1. The maximum absolute atomic E-state index is 12.9. The molecule has 3 fully saturated rings. The van der Waals surface area contributed by atoms with Crippen LogP contribution in [0.15, 0.2) is 23.6 Å². The molecule has 2 saturated carbocycles. The average molecular weight is 461 g/mol. The van der Waals surface area contributed by atoms with Crippen molar-refractivity contribution in [2.24, 2.45) is 11.3 Å². The van der Waals surface area contributed by atoms with Crippen molar-refractivity contribution in [2.75, 3.05) is 43.9 Å². The highest BCUT2D eigenvalue weighted by Crippen LogP contribution is 2.68. The Kier molecular flexibility index (Phi) is 4.67. The number of hydrogen-bond donors (Lipinski definition) is 0. The molecule has 164 valence electrons. The number of hydrogen-bond acceptors (Lipinski definition) is 6. The van der Waals surface area contributed by atoms with E-state index in [0.717, 1.165) is 69.0 Å². The fourth-order valence-electron chi connectivity index (χ4n) is 5.12. The second kappa shape index (κ2) is 6.82. The maximum atomic E-state index is 12.9. The van der Waals surface area contributed by atoms with Gasteiger partial charge in [-0.15, -0.1) is 11.3 Å². The number of alkyl halides is 3. The zero-order valence-corrected chi connectivity index (χ0v) is 18.1. The van der Waals surface area contributed by atoms with E-state index >= 15 is 0 Å². The number of anilines is 1. The summed E-state index contributed by atoms with van der Waals surface area (Å²) in [5, 5.41) is 2.83. The molecule has 1 aliphatic heterocycles. The van der Waals surface area contributed by atoms with Gasteiger partial charge in [-0.05, 0) is 36.3 Å². The number of nitrogens with zero attached hydrogens (tertiary/aromatic N) is 2. The first-order valence-corrected chi connectivity index (χ1v) is 12.7. The van der Waals surface area contributed by atoms with E-state index < -0.39 is 21.9 Å². The zero-order chi connectivity index (χ0) is 21.3. The van der Waals surface area contributed by atoms with Crippen LogP contribution in [0, 0.1) is 11.3 Å². The number of piperazine rings is 1. The molecule has 3 atom stereocenters. The van der Waals surface area contributed by atoms with Crippen LogP contribution in [0.2, 0.25) is 0 Å². The van der Waals surface area contributed by atoms with Crippen LogP contribution in [0.25, 0.3) is 10.1 Å². The monoisotopic (exact) mass is 460 g/mol. The molecule has 5 rings (SSSR count). The molecule has 30 heavy (non-hydrogen) atoms. The minimum Gasteiger partial charge on any atom is -0.368 e. The van der Waals surface area contributed by atoms with E-state index in [4.69, 9.17) is 4.18 Å². The van der Waals surface area contributed by atoms with Crippen molar-refractivity contribution in [1.82, 2.24) is 4.90 Å². The molecular weight excluding hydrogens is 437 g/mol. The lowest BCUT2D eigenvalue weighted by Crippen LogP contribution is -2.50. The largest absolute Gasteiger partial charge is 0.416 e. The Morgan fingerprint density at radius 2 is 1.93 bits per heavy atom. The molecule has 0 radical (unpaired) electrons. The number of benzene rings is 1. The van der Waals surface area contributed by atoms with Crippen LogP contribution in [0.3, 0.4) is 0 Å². The van der Waals surface area contributed by atoms with Crippen LogP contribution in [0.1, 0.15) is 18.4 Å². The van der Waals surface area contributed by atoms with Gasteiger partial charge in [-0.3, -0.25) is 9.08 Å². The van der Waals surface area contributed by atoms with E-state index in [1.54, 1.807) is 6.07 Å². The van der Waals surface area contributed by atoms with Gasteiger partial charge in [0.2, 0.25) is 0 Å². The van der Waals surface area contributed by atoms with Crippen molar-refractivity contribution < 1.29 is 25.8 Å². The van der Waals surface area contributed by atoms with E-state index in [9.17, 15) is 21.6 Å². The van der Waals surface area contributed by atoms with E-state index in [2.05, 4.69) is 9.80 Å². The van der Waals surface area contributed by atoms with Gasteiger partial charge in [0.05, 0.1) is 23.6 Å². The SMILES string of the molecule is CS(=O)(=O)OC1CC2(CN3CCN(c4csc5cc(C(F)(F)F)ccc45)CC3)C[C@@H]12. The van der Waals surface area contributed by atoms with E-state index in [-0.39, 0.29) is 11.5 Å². The lowest BCUT2D eigenvalue weighted by molar-refractivity contribution is -0.137. The summed E-state index contributed by atoms with van der Waals surface area (Å²) in [5.41, 5.74) is 0.627. The van der Waals surface area contributed by atoms with Crippen molar-refractivity contribution in [3.63, 3.8) is 0 Å². The third kappa shape index (κ3) is 3.72. The van der Waals surface area contributed by atoms with Gasteiger partial charge in [0.1, 0.15) is 0 Å². The van der Waals surface area contributed by atoms with Gasteiger partial charge >= 0.3 is 6.18 Å². The minimum atomic E-state index is -4.32. The van der Waals surface area contributed by atoms with Crippen molar-refractivity contribution in [2.45, 2.75) is 25.1 Å². The molecule has 2 aromatic rings. The lowest BCUT2D eigenvalue weighted by atomic mass is 9.81. The van der Waals surface area contributed by atoms with E-state index in [1.165, 1.54) is 17.4 Å². The summed E-state index contributed by atoms with van der Waals surface area (Å²) in [6.07, 6.45) is -1.53. The third-order valence-electron chi connectivity index (χ3n) is 6.74. The van der Waals surface area contributed by atoms with Gasteiger partial charge in [0.15, 0.2) is 0 Å². The summed E-state index contributed by atoms with van der Waals surface area (Å²) >= 11 is 1.35. The highest BCUT2D eigenvalue weighted by molar-refractivity contribution is 7.86. The van der Waals surface area contributed by atoms with Crippen molar-refractivity contribution >= 4 is 37.2 Å². The van der Waals surface area contributed by atoms with E-state index in [1.807, 2.05) is 5.38 Å². The maximum Gasteiger partial charge on any atom is 0.416 e. The van der Waals surface area contributed by atoms with Gasteiger partial charge in [-0.2, -0.15) is 21.6 Å². The number of fused-ring (bicyclic) bond motifs is 2. The molecule has 5 nitrogen and oxygen atoms in total. The minimum absolute atomic E-state index is 0.153. The summed E-state index contributed by atoms with van der Waals surface area (Å²) < 4.78 is 67.3. The number of rotatable bonds is 5. The van der Waals surface area contributed by atoms with Crippen molar-refractivity contribution in [3.8, 4) is 0 Å². The van der Waals surface area contributed by atoms with Gasteiger partial charge in [-0.1, -0.05) is 6.07 Å². The Balaban J connectivity index is 1.18. The van der Waals surface area contributed by atoms with Crippen LogP contribution in [0.5, 0.6) is 0 Å². The molecule has 0 bridgehead atoms. The predicted molar refractivity (Wildman–Crippen MR) is 110 cm³/mol. The van der Waals surface area contributed by atoms with Gasteiger partial charge in [-0.25, -0.2) is 0 Å². The Morgan fingerprint density at radius 1 is 1.20 bits per heavy atom. The zero-order valence-electron chi connectivity index (χ0n) is 16.5. The highest BCUT2D eigenvalue weighted by Gasteiger charge is 2.68. The summed E-state index contributed by atoms with van der Waals surface area (Å²) in [5.74, 6) is 0.355. The molecule has 0 N–H and O–H groups in total. The van der Waals surface area contributed by atoms with Crippen LogP contribution in [-0.4, -0.2) is 58.4 Å². The Labute approximate surface area is 177 Å². The van der Waals surface area contributed by atoms with Crippen LogP contribution < -0.4 is 4.90 Å². The summed E-state index contributed by atoms with van der Waals surface area (Å²) in [7, 11) is -3.39. The normalized spacial score (nSPS) is 29.7. The predicted octanol–water partition coefficient (Wildman–Crippen LogP) is 3.80. The average Bonchev–Trinajstić information content (AvgIpc) is 3.03. The summed E-state index contributed by atoms with van der Waals surface area (Å²) in [6, 6.07) is 3.98. The molecule has 3 aliphatic rings. The smallest absolute Gasteiger partial charge is 0.368 e. The molecule has 1 saturated heterocycles. The second-order valence-corrected chi connectivity index (χ2v) is 11.3. The van der Waals surface area contributed by atoms with Crippen LogP contribution >= 0.6 is 11.3 Å². The van der Waals surface area contributed by atoms with Gasteiger partial charge in [0.25, 0.3) is 10.1 Å². The fraction of sp³-hybridized carbons (Fsp3) is 0.600. The van der Waals surface area contributed by atoms with Gasteiger partial charge < -0.3 is 4.90 Å². The van der Waals surface area contributed by atoms with Gasteiger partial charge in [0, 0.05) is 48.2 Å². The van der Waals surface area contributed by atoms with E-state index in [0.29, 0.717) is 10.6 Å². The molecular formula is C20H23F3N2O3S2. The molecule has 0 amide bonds. The molecule has 2 unspecified atom stereocenters. The molecule has 2 heterocycles. The first kappa shape index (κ1) is 20.5. The fourth-order valence-corrected chi connectivity index (χ4v) is 6.78. The molecule has 10 heteroatoms. The Hall–Kier alpha value is -1.36. The molecule has 1 aromatic heterocycles. The standard InChI is InChI=1S/C20H23F3N2O3S2/c1-30(26,27)28-17-10-19(9-15(17)19)12-24-4-6-25(7-5-24)16-11-29-18-8-13(20(21,22)23)2-3-14(16)18/h2-3,8,11,15,17H,4-7,9-10,12H2,1H3/t15-,17?,19?/m0/s1. The Bertz CT molecular complexity index is 1080. The Morgan fingerprint density at radius 3 is 2.57 bits per heavy atom. The summed E-state index contributed by atoms with van der Waals surface area (Å²) in [6.45, 7) is 4.41. The topological polar surface area (TPSA) is 49.9 Å². The number of halogens is 3. The first-order chi connectivity index (χ1) is 14.0. The quantitative estimate of drug-likeness (QED) is 0.636. The molecule has 2 aliphatic carbocycles. The molecule has 1 aromatic carbocycles. The first-order valence-electron chi connectivity index (χ1n) is 9.98. The van der Waals surface area contributed by atoms with Crippen LogP contribution in [-0.2, 0) is 20.5 Å². The molecule has 0 spiro atoms. The lowest BCUT2D eigenvalue weighted by Gasteiger charge is -2.41. The third-order valence-corrected chi connectivity index (χ3v) is 8.27. The second-order valence-electron chi connectivity index (χ2n) is 8.81. The van der Waals surface area contributed by atoms with Crippen molar-refractivity contribution in [3.05, 3.63) is 29.1 Å².